The molecule has 0 N–H and O–H groups in total. The lowest BCUT2D eigenvalue weighted by atomic mass is 10.1. The zero-order valence-electron chi connectivity index (χ0n) is 14.3. The van der Waals surface area contributed by atoms with Crippen molar-refractivity contribution in [1.82, 2.24) is 19.9 Å². The Labute approximate surface area is 151 Å². The Bertz CT molecular complexity index is 720. The van der Waals surface area contributed by atoms with Crippen LogP contribution in [0.2, 0.25) is 5.02 Å². The molecule has 134 valence electrons. The fraction of sp³-hybridized carbons (Fsp3) is 0.556. The summed E-state index contributed by atoms with van der Waals surface area (Å²) in [4.78, 5) is 9.13. The minimum Gasteiger partial charge on any atom is -0.338 e. The molecule has 1 saturated heterocycles. The molecule has 2 fully saturated rings. The second-order valence-electron chi connectivity index (χ2n) is 6.95. The van der Waals surface area contributed by atoms with Gasteiger partial charge < -0.3 is 4.52 Å². The summed E-state index contributed by atoms with van der Waals surface area (Å²) in [5.41, 5.74) is 0.580. The lowest BCUT2D eigenvalue weighted by molar-refractivity contribution is 0.0839. The highest BCUT2D eigenvalue weighted by Crippen LogP contribution is 2.38. The fourth-order valence-electron chi connectivity index (χ4n) is 3.30. The molecular weight excluding hydrogens is 343 g/mol. The molecule has 0 amide bonds. The molecule has 0 radical (unpaired) electrons. The maximum Gasteiger partial charge on any atom is 0.243 e. The monoisotopic (exact) mass is 364 g/mol. The van der Waals surface area contributed by atoms with Gasteiger partial charge in [-0.3, -0.25) is 9.80 Å². The molecule has 1 atom stereocenters. The summed E-state index contributed by atoms with van der Waals surface area (Å²) in [6, 6.07) is 4.96. The Kier molecular flexibility index (Phi) is 4.75. The molecule has 1 aliphatic carbocycles. The molecule has 1 aromatic carbocycles. The van der Waals surface area contributed by atoms with E-state index in [9.17, 15) is 4.39 Å². The van der Waals surface area contributed by atoms with Crippen LogP contribution in [0, 0.1) is 5.82 Å². The Morgan fingerprint density at radius 3 is 2.72 bits per heavy atom. The predicted molar refractivity (Wildman–Crippen MR) is 92.9 cm³/mol. The van der Waals surface area contributed by atoms with Crippen molar-refractivity contribution in [2.24, 2.45) is 0 Å². The van der Waals surface area contributed by atoms with Crippen molar-refractivity contribution in [2.45, 2.75) is 38.3 Å². The lowest BCUT2D eigenvalue weighted by Crippen LogP contribution is -2.46. The first-order chi connectivity index (χ1) is 12.1. The van der Waals surface area contributed by atoms with Gasteiger partial charge in [-0.2, -0.15) is 4.98 Å². The van der Waals surface area contributed by atoms with E-state index >= 15 is 0 Å². The minimum absolute atomic E-state index is 0.110. The smallest absolute Gasteiger partial charge is 0.243 e. The van der Waals surface area contributed by atoms with Crippen molar-refractivity contribution in [3.63, 3.8) is 0 Å². The molecule has 1 aliphatic heterocycles. The molecule has 7 heteroatoms. The number of halogens is 2. The van der Waals surface area contributed by atoms with Gasteiger partial charge in [0.15, 0.2) is 5.82 Å². The molecule has 4 rings (SSSR count). The normalized spacial score (nSPS) is 20.8. The average Bonchev–Trinajstić information content (AvgIpc) is 3.35. The molecule has 1 aromatic heterocycles. The zero-order chi connectivity index (χ0) is 17.4. The van der Waals surface area contributed by atoms with Crippen LogP contribution in [0.15, 0.2) is 22.7 Å². The first kappa shape index (κ1) is 16.9. The molecule has 2 heterocycles. The lowest BCUT2D eigenvalue weighted by Gasteiger charge is -2.36. The van der Waals surface area contributed by atoms with E-state index in [1.807, 2.05) is 0 Å². The molecule has 25 heavy (non-hydrogen) atoms. The van der Waals surface area contributed by atoms with E-state index in [1.54, 1.807) is 12.1 Å². The van der Waals surface area contributed by atoms with E-state index < -0.39 is 0 Å². The second kappa shape index (κ2) is 7.02. The van der Waals surface area contributed by atoms with E-state index in [-0.39, 0.29) is 11.9 Å². The highest BCUT2D eigenvalue weighted by atomic mass is 35.5. The Morgan fingerprint density at radius 2 is 2.04 bits per heavy atom. The summed E-state index contributed by atoms with van der Waals surface area (Å²) in [6.45, 7) is 6.13. The van der Waals surface area contributed by atoms with E-state index in [4.69, 9.17) is 16.1 Å². The van der Waals surface area contributed by atoms with Gasteiger partial charge in [-0.1, -0.05) is 22.8 Å². The van der Waals surface area contributed by atoms with Crippen LogP contribution in [0.4, 0.5) is 4.39 Å². The maximum atomic E-state index is 14.0. The van der Waals surface area contributed by atoms with Crippen LogP contribution in [0.1, 0.15) is 49.0 Å². The summed E-state index contributed by atoms with van der Waals surface area (Å²) in [5.74, 6) is 1.83. The van der Waals surface area contributed by atoms with E-state index in [2.05, 4.69) is 26.9 Å². The van der Waals surface area contributed by atoms with E-state index in [1.165, 1.54) is 18.9 Å². The SMILES string of the molecule is CC(c1nc(C2CC2)no1)N1CCN(Cc2c(F)cccc2Cl)CC1. The van der Waals surface area contributed by atoms with Crippen LogP contribution in [-0.2, 0) is 6.54 Å². The quantitative estimate of drug-likeness (QED) is 0.810. The summed E-state index contributed by atoms with van der Waals surface area (Å²) >= 11 is 6.14. The number of benzene rings is 1. The third-order valence-electron chi connectivity index (χ3n) is 5.16. The van der Waals surface area contributed by atoms with Crippen LogP contribution in [0.3, 0.4) is 0 Å². The number of piperazine rings is 1. The highest BCUT2D eigenvalue weighted by Gasteiger charge is 2.31. The summed E-state index contributed by atoms with van der Waals surface area (Å²) in [5, 5.41) is 4.60. The Hall–Kier alpha value is -1.50. The van der Waals surface area contributed by atoms with Gasteiger partial charge in [-0.25, -0.2) is 4.39 Å². The largest absolute Gasteiger partial charge is 0.338 e. The Morgan fingerprint density at radius 1 is 1.28 bits per heavy atom. The molecule has 2 aliphatic rings. The third-order valence-corrected chi connectivity index (χ3v) is 5.51. The molecule has 5 nitrogen and oxygen atoms in total. The van der Waals surface area contributed by atoms with E-state index in [0.717, 1.165) is 32.0 Å². The van der Waals surface area contributed by atoms with Crippen LogP contribution in [0.5, 0.6) is 0 Å². The van der Waals surface area contributed by atoms with Gasteiger partial charge >= 0.3 is 0 Å². The summed E-state index contributed by atoms with van der Waals surface area (Å²) in [7, 11) is 0. The van der Waals surface area contributed by atoms with Crippen LogP contribution >= 0.6 is 11.6 Å². The average molecular weight is 365 g/mol. The van der Waals surface area contributed by atoms with Crippen LogP contribution in [-0.4, -0.2) is 46.1 Å². The van der Waals surface area contributed by atoms with Crippen molar-refractivity contribution in [3.8, 4) is 0 Å². The van der Waals surface area contributed by atoms with Gasteiger partial charge in [-0.05, 0) is 31.9 Å². The van der Waals surface area contributed by atoms with Crippen molar-refractivity contribution >= 4 is 11.6 Å². The number of hydrogen-bond acceptors (Lipinski definition) is 5. The fourth-order valence-corrected chi connectivity index (χ4v) is 3.52. The topological polar surface area (TPSA) is 45.4 Å². The minimum atomic E-state index is -0.234. The van der Waals surface area contributed by atoms with Gasteiger partial charge in [0.05, 0.1) is 6.04 Å². The number of hydrogen-bond donors (Lipinski definition) is 0. The highest BCUT2D eigenvalue weighted by molar-refractivity contribution is 6.31. The van der Waals surface area contributed by atoms with Gasteiger partial charge in [0.2, 0.25) is 5.89 Å². The molecule has 0 bridgehead atoms. The molecule has 1 saturated carbocycles. The Balaban J connectivity index is 1.34. The third kappa shape index (κ3) is 3.71. The second-order valence-corrected chi connectivity index (χ2v) is 7.36. The summed E-state index contributed by atoms with van der Waals surface area (Å²) in [6.07, 6.45) is 2.34. The molecule has 0 spiro atoms. The van der Waals surface area contributed by atoms with Crippen molar-refractivity contribution in [2.75, 3.05) is 26.2 Å². The number of rotatable bonds is 5. The molecular formula is C18H22ClFN4O. The first-order valence-corrected chi connectivity index (χ1v) is 9.22. The van der Waals surface area contributed by atoms with Crippen LogP contribution < -0.4 is 0 Å². The van der Waals surface area contributed by atoms with Crippen molar-refractivity contribution < 1.29 is 8.91 Å². The van der Waals surface area contributed by atoms with Gasteiger partial charge in [-0.15, -0.1) is 0 Å². The standard InChI is InChI=1S/C18H22ClFN4O/c1-12(18-21-17(22-25-18)13-5-6-13)24-9-7-23(8-10-24)11-14-15(19)3-2-4-16(14)20/h2-4,12-13H,5-11H2,1H3. The summed E-state index contributed by atoms with van der Waals surface area (Å²) < 4.78 is 19.4. The number of aromatic nitrogens is 2. The maximum absolute atomic E-state index is 14.0. The van der Waals surface area contributed by atoms with Crippen molar-refractivity contribution in [3.05, 3.63) is 46.3 Å². The molecule has 1 unspecified atom stereocenters. The van der Waals surface area contributed by atoms with Gasteiger partial charge in [0.1, 0.15) is 5.82 Å². The van der Waals surface area contributed by atoms with Crippen molar-refractivity contribution in [1.29, 1.82) is 0 Å². The first-order valence-electron chi connectivity index (χ1n) is 8.84. The van der Waals surface area contributed by atoms with Gasteiger partial charge in [0, 0.05) is 49.2 Å². The molecule has 2 aromatic rings. The zero-order valence-corrected chi connectivity index (χ0v) is 15.0. The number of nitrogens with zero attached hydrogens (tertiary/aromatic N) is 4. The van der Waals surface area contributed by atoms with Gasteiger partial charge in [0.25, 0.3) is 0 Å². The van der Waals surface area contributed by atoms with E-state index in [0.29, 0.717) is 28.9 Å². The predicted octanol–water partition coefficient (Wildman–Crippen LogP) is 3.62. The van der Waals surface area contributed by atoms with Crippen LogP contribution in [0.25, 0.3) is 0 Å².